The number of hydrogen-bond donors (Lipinski definition) is 0. The van der Waals surface area contributed by atoms with Gasteiger partial charge in [-0.15, -0.1) is 0 Å². The quantitative estimate of drug-likeness (QED) is 0.667. The number of nitriles is 1. The van der Waals surface area contributed by atoms with E-state index in [-0.39, 0.29) is 17.9 Å². The van der Waals surface area contributed by atoms with Crippen molar-refractivity contribution in [2.24, 2.45) is 5.92 Å². The van der Waals surface area contributed by atoms with E-state index in [2.05, 4.69) is 6.07 Å². The molecule has 14 heavy (non-hydrogen) atoms. The van der Waals surface area contributed by atoms with E-state index in [4.69, 9.17) is 10.00 Å². The van der Waals surface area contributed by atoms with Crippen LogP contribution in [0.5, 0.6) is 0 Å². The summed E-state index contributed by atoms with van der Waals surface area (Å²) in [7, 11) is 0. The van der Waals surface area contributed by atoms with Crippen LogP contribution in [0.25, 0.3) is 0 Å². The Morgan fingerprint density at radius 3 is 2.93 bits per heavy atom. The van der Waals surface area contributed by atoms with Crippen molar-refractivity contribution in [2.45, 2.75) is 26.4 Å². The Hall–Kier alpha value is -1.08. The second-order valence-corrected chi connectivity index (χ2v) is 3.79. The van der Waals surface area contributed by atoms with Crippen LogP contribution in [0.4, 0.5) is 0 Å². The van der Waals surface area contributed by atoms with Crippen LogP contribution in [0.3, 0.4) is 0 Å². The molecule has 0 aromatic rings. The van der Waals surface area contributed by atoms with Crippen molar-refractivity contribution in [3.05, 3.63) is 0 Å². The Bertz CT molecular complexity index is 245. The molecular formula is C10H16N2O2. The lowest BCUT2D eigenvalue weighted by Crippen LogP contribution is -2.29. The SMILES string of the molecule is CC(C)OCCN1CC(C#N)CC1=O. The molecule has 0 aliphatic carbocycles. The number of rotatable bonds is 4. The van der Waals surface area contributed by atoms with E-state index in [0.29, 0.717) is 26.1 Å². The summed E-state index contributed by atoms with van der Waals surface area (Å²) in [5, 5.41) is 8.66. The minimum Gasteiger partial charge on any atom is -0.377 e. The summed E-state index contributed by atoms with van der Waals surface area (Å²) < 4.78 is 5.34. The summed E-state index contributed by atoms with van der Waals surface area (Å²) in [6, 6.07) is 2.12. The minimum absolute atomic E-state index is 0.0731. The van der Waals surface area contributed by atoms with Gasteiger partial charge in [-0.2, -0.15) is 5.26 Å². The fraction of sp³-hybridized carbons (Fsp3) is 0.800. The van der Waals surface area contributed by atoms with Crippen molar-refractivity contribution in [3.63, 3.8) is 0 Å². The average Bonchev–Trinajstić information content (AvgIpc) is 2.47. The molecule has 1 atom stereocenters. The molecule has 4 nitrogen and oxygen atoms in total. The molecule has 0 N–H and O–H groups in total. The maximum absolute atomic E-state index is 11.3. The molecule has 1 saturated heterocycles. The minimum atomic E-state index is -0.124. The highest BCUT2D eigenvalue weighted by Crippen LogP contribution is 2.16. The number of likely N-dealkylation sites (tertiary alicyclic amines) is 1. The number of nitrogens with zero attached hydrogens (tertiary/aromatic N) is 2. The zero-order valence-corrected chi connectivity index (χ0v) is 8.69. The molecule has 1 rings (SSSR count). The molecule has 78 valence electrons. The third kappa shape index (κ3) is 3.00. The van der Waals surface area contributed by atoms with E-state index in [1.807, 2.05) is 13.8 Å². The zero-order valence-electron chi connectivity index (χ0n) is 8.69. The molecule has 1 unspecified atom stereocenters. The first-order chi connectivity index (χ1) is 6.63. The summed E-state index contributed by atoms with van der Waals surface area (Å²) in [5.41, 5.74) is 0. The fourth-order valence-corrected chi connectivity index (χ4v) is 1.47. The highest BCUT2D eigenvalue weighted by molar-refractivity contribution is 5.79. The number of hydrogen-bond acceptors (Lipinski definition) is 3. The molecule has 4 heteroatoms. The lowest BCUT2D eigenvalue weighted by Gasteiger charge is -2.16. The van der Waals surface area contributed by atoms with Gasteiger partial charge in [0.15, 0.2) is 0 Å². The van der Waals surface area contributed by atoms with E-state index in [9.17, 15) is 4.79 Å². The van der Waals surface area contributed by atoms with Gasteiger partial charge in [-0.05, 0) is 13.8 Å². The van der Waals surface area contributed by atoms with Crippen LogP contribution in [0.2, 0.25) is 0 Å². The topological polar surface area (TPSA) is 53.3 Å². The van der Waals surface area contributed by atoms with Gasteiger partial charge in [-0.3, -0.25) is 4.79 Å². The molecule has 0 spiro atoms. The highest BCUT2D eigenvalue weighted by atomic mass is 16.5. The summed E-state index contributed by atoms with van der Waals surface area (Å²) in [5.74, 6) is -0.0505. The van der Waals surface area contributed by atoms with Crippen LogP contribution >= 0.6 is 0 Å². The van der Waals surface area contributed by atoms with E-state index >= 15 is 0 Å². The van der Waals surface area contributed by atoms with Crippen LogP contribution in [0, 0.1) is 17.2 Å². The summed E-state index contributed by atoms with van der Waals surface area (Å²) in [4.78, 5) is 13.0. The lowest BCUT2D eigenvalue weighted by molar-refractivity contribution is -0.128. The highest BCUT2D eigenvalue weighted by Gasteiger charge is 2.28. The van der Waals surface area contributed by atoms with Gasteiger partial charge >= 0.3 is 0 Å². The Balaban J connectivity index is 2.26. The molecule has 0 saturated carbocycles. The zero-order chi connectivity index (χ0) is 10.6. The van der Waals surface area contributed by atoms with Crippen LogP contribution < -0.4 is 0 Å². The van der Waals surface area contributed by atoms with Crippen molar-refractivity contribution in [3.8, 4) is 6.07 Å². The Kier molecular flexibility index (Phi) is 3.90. The maximum atomic E-state index is 11.3. The van der Waals surface area contributed by atoms with Gasteiger partial charge in [0.05, 0.1) is 24.7 Å². The van der Waals surface area contributed by atoms with Gasteiger partial charge in [-0.25, -0.2) is 0 Å². The second-order valence-electron chi connectivity index (χ2n) is 3.79. The monoisotopic (exact) mass is 196 g/mol. The van der Waals surface area contributed by atoms with Crippen molar-refractivity contribution < 1.29 is 9.53 Å². The van der Waals surface area contributed by atoms with Crippen molar-refractivity contribution >= 4 is 5.91 Å². The molecule has 1 heterocycles. The van der Waals surface area contributed by atoms with Crippen LogP contribution in [0.15, 0.2) is 0 Å². The summed E-state index contributed by atoms with van der Waals surface area (Å²) in [6.45, 7) is 5.65. The van der Waals surface area contributed by atoms with Crippen molar-refractivity contribution in [2.75, 3.05) is 19.7 Å². The normalized spacial score (nSPS) is 21.7. The van der Waals surface area contributed by atoms with Gasteiger partial charge in [-0.1, -0.05) is 0 Å². The van der Waals surface area contributed by atoms with Gasteiger partial charge < -0.3 is 9.64 Å². The third-order valence-corrected chi connectivity index (χ3v) is 2.21. The largest absolute Gasteiger partial charge is 0.377 e. The first-order valence-corrected chi connectivity index (χ1v) is 4.92. The first-order valence-electron chi connectivity index (χ1n) is 4.92. The predicted octanol–water partition coefficient (Wildman–Crippen LogP) is 0.783. The number of ether oxygens (including phenoxy) is 1. The molecule has 1 aliphatic heterocycles. The molecule has 0 aromatic heterocycles. The van der Waals surface area contributed by atoms with E-state index in [1.165, 1.54) is 0 Å². The molecule has 0 bridgehead atoms. The molecule has 1 fully saturated rings. The van der Waals surface area contributed by atoms with E-state index < -0.39 is 0 Å². The number of carbonyl (C=O) groups is 1. The molecular weight excluding hydrogens is 180 g/mol. The van der Waals surface area contributed by atoms with Gasteiger partial charge in [0.2, 0.25) is 5.91 Å². The predicted molar refractivity (Wildman–Crippen MR) is 51.4 cm³/mol. The first kappa shape index (κ1) is 11.0. The standard InChI is InChI=1S/C10H16N2O2/c1-8(2)14-4-3-12-7-9(6-11)5-10(12)13/h8-9H,3-5,7H2,1-2H3. The fourth-order valence-electron chi connectivity index (χ4n) is 1.47. The van der Waals surface area contributed by atoms with Gasteiger partial charge in [0.1, 0.15) is 0 Å². The van der Waals surface area contributed by atoms with E-state index in [1.54, 1.807) is 4.90 Å². The summed E-state index contributed by atoms with van der Waals surface area (Å²) in [6.07, 6.45) is 0.567. The Morgan fingerprint density at radius 1 is 1.71 bits per heavy atom. The smallest absolute Gasteiger partial charge is 0.224 e. The molecule has 1 amide bonds. The molecule has 0 radical (unpaired) electrons. The summed E-state index contributed by atoms with van der Waals surface area (Å²) >= 11 is 0. The Morgan fingerprint density at radius 2 is 2.43 bits per heavy atom. The van der Waals surface area contributed by atoms with Gasteiger partial charge in [0, 0.05) is 19.5 Å². The van der Waals surface area contributed by atoms with E-state index in [0.717, 1.165) is 0 Å². The van der Waals surface area contributed by atoms with Crippen LogP contribution in [-0.4, -0.2) is 36.6 Å². The third-order valence-electron chi connectivity index (χ3n) is 2.21. The van der Waals surface area contributed by atoms with Crippen molar-refractivity contribution in [1.29, 1.82) is 5.26 Å². The average molecular weight is 196 g/mol. The maximum Gasteiger partial charge on any atom is 0.224 e. The molecule has 1 aliphatic rings. The van der Waals surface area contributed by atoms with Gasteiger partial charge in [0.25, 0.3) is 0 Å². The Labute approximate surface area is 84.4 Å². The second kappa shape index (κ2) is 4.97. The lowest BCUT2D eigenvalue weighted by atomic mass is 10.1. The number of carbonyl (C=O) groups excluding carboxylic acids is 1. The van der Waals surface area contributed by atoms with Crippen LogP contribution in [0.1, 0.15) is 20.3 Å². The van der Waals surface area contributed by atoms with Crippen molar-refractivity contribution in [1.82, 2.24) is 4.90 Å². The van der Waals surface area contributed by atoms with Crippen LogP contribution in [-0.2, 0) is 9.53 Å². The number of amides is 1. The molecule has 0 aromatic carbocycles.